The van der Waals surface area contributed by atoms with E-state index in [1.165, 1.54) is 6.08 Å². The third-order valence-corrected chi connectivity index (χ3v) is 2.46. The van der Waals surface area contributed by atoms with Crippen LogP contribution in [0.1, 0.15) is 0 Å². The topological polar surface area (TPSA) is 12.0 Å². The average Bonchev–Trinajstić information content (AvgIpc) is 1.82. The summed E-state index contributed by atoms with van der Waals surface area (Å²) in [4.78, 5) is 0. The van der Waals surface area contributed by atoms with Gasteiger partial charge in [0.2, 0.25) is 0 Å². The fourth-order valence-electron chi connectivity index (χ4n) is 0.527. The molecule has 0 saturated heterocycles. The van der Waals surface area contributed by atoms with Crippen LogP contribution < -0.4 is 5.32 Å². The van der Waals surface area contributed by atoms with Crippen LogP contribution in [0, 0.1) is 0 Å². The molecule has 0 aromatic carbocycles. The first-order valence-electron chi connectivity index (χ1n) is 2.44. The van der Waals surface area contributed by atoms with Crippen molar-refractivity contribution in [3.63, 3.8) is 0 Å². The van der Waals surface area contributed by atoms with E-state index in [0.717, 1.165) is 0 Å². The molecule has 0 aliphatic carbocycles. The molecule has 0 saturated carbocycles. The molecule has 0 fully saturated rings. The Balaban J connectivity index is 2.92. The molecular formula is C5H3Cl4N. The minimum Gasteiger partial charge on any atom is -0.355 e. The Hall–Kier alpha value is 0.440. The molecule has 1 N–H and O–H groups in total. The van der Waals surface area contributed by atoms with Gasteiger partial charge < -0.3 is 5.32 Å². The van der Waals surface area contributed by atoms with Crippen molar-refractivity contribution >= 4 is 46.4 Å². The molecule has 1 rings (SSSR count). The van der Waals surface area contributed by atoms with Gasteiger partial charge in [-0.15, -0.1) is 0 Å². The number of alkyl halides is 1. The fraction of sp³-hybridized carbons (Fsp3) is 0.200. The highest BCUT2D eigenvalue weighted by molar-refractivity contribution is 6.45. The molecule has 0 spiro atoms. The highest BCUT2D eigenvalue weighted by atomic mass is 35.5. The number of allylic oxidation sites excluding steroid dienone is 2. The molecule has 0 aromatic rings. The number of hydrogen-bond acceptors (Lipinski definition) is 1. The lowest BCUT2D eigenvalue weighted by Crippen LogP contribution is -2.24. The minimum atomic E-state index is -0.508. The van der Waals surface area contributed by atoms with E-state index in [0.29, 0.717) is 15.2 Å². The third-order valence-electron chi connectivity index (χ3n) is 0.969. The molecule has 56 valence electrons. The van der Waals surface area contributed by atoms with E-state index >= 15 is 0 Å². The Morgan fingerprint density at radius 3 is 2.40 bits per heavy atom. The van der Waals surface area contributed by atoms with Gasteiger partial charge >= 0.3 is 0 Å². The predicted molar refractivity (Wildman–Crippen MR) is 45.4 cm³/mol. The standard InChI is InChI=1S/C5H3Cl4N/c6-2-1-3(7)10-5(9)4(2)8/h1,5,10H. The molecule has 1 nitrogen and oxygen atoms in total. The lowest BCUT2D eigenvalue weighted by atomic mass is 10.4. The smallest absolute Gasteiger partial charge is 0.140 e. The van der Waals surface area contributed by atoms with Crippen molar-refractivity contribution in [2.45, 2.75) is 5.50 Å². The zero-order chi connectivity index (χ0) is 7.72. The van der Waals surface area contributed by atoms with Crippen molar-refractivity contribution in [1.82, 2.24) is 5.32 Å². The maximum atomic E-state index is 5.65. The normalized spacial score (nSPS) is 26.0. The molecule has 0 bridgehead atoms. The molecular weight excluding hydrogens is 216 g/mol. The molecule has 1 atom stereocenters. The average molecular weight is 219 g/mol. The van der Waals surface area contributed by atoms with Gasteiger partial charge in [-0.2, -0.15) is 0 Å². The van der Waals surface area contributed by atoms with Gasteiger partial charge in [0.05, 0.1) is 10.1 Å². The van der Waals surface area contributed by atoms with Gasteiger partial charge in [0.15, 0.2) is 0 Å². The van der Waals surface area contributed by atoms with Crippen LogP contribution in [-0.2, 0) is 0 Å². The number of halogens is 4. The molecule has 1 aliphatic heterocycles. The monoisotopic (exact) mass is 217 g/mol. The van der Waals surface area contributed by atoms with Gasteiger partial charge in [-0.1, -0.05) is 46.4 Å². The van der Waals surface area contributed by atoms with Crippen molar-refractivity contribution in [2.24, 2.45) is 0 Å². The van der Waals surface area contributed by atoms with Crippen LogP contribution in [-0.4, -0.2) is 5.50 Å². The predicted octanol–water partition coefficient (Wildman–Crippen LogP) is 2.92. The van der Waals surface area contributed by atoms with Gasteiger partial charge in [0.25, 0.3) is 0 Å². The van der Waals surface area contributed by atoms with E-state index in [2.05, 4.69) is 5.32 Å². The molecule has 0 radical (unpaired) electrons. The van der Waals surface area contributed by atoms with Gasteiger partial charge in [0, 0.05) is 0 Å². The third kappa shape index (κ3) is 1.73. The van der Waals surface area contributed by atoms with E-state index in [1.54, 1.807) is 0 Å². The van der Waals surface area contributed by atoms with Crippen LogP contribution >= 0.6 is 46.4 Å². The van der Waals surface area contributed by atoms with E-state index < -0.39 is 5.50 Å². The molecule has 1 unspecified atom stereocenters. The Bertz CT molecular complexity index is 208. The molecule has 5 heteroatoms. The second-order valence-electron chi connectivity index (χ2n) is 1.70. The lowest BCUT2D eigenvalue weighted by Gasteiger charge is -2.16. The molecule has 10 heavy (non-hydrogen) atoms. The summed E-state index contributed by atoms with van der Waals surface area (Å²) >= 11 is 22.5. The van der Waals surface area contributed by atoms with Gasteiger partial charge in [-0.05, 0) is 6.08 Å². The Morgan fingerprint density at radius 1 is 1.30 bits per heavy atom. The summed E-state index contributed by atoms with van der Waals surface area (Å²) in [5, 5.41) is 3.82. The van der Waals surface area contributed by atoms with Gasteiger partial charge in [-0.3, -0.25) is 0 Å². The summed E-state index contributed by atoms with van der Waals surface area (Å²) in [6.07, 6.45) is 1.50. The lowest BCUT2D eigenvalue weighted by molar-refractivity contribution is 0.866. The SMILES string of the molecule is ClC1=CC(Cl)=C(Cl)C(Cl)N1. The zero-order valence-electron chi connectivity index (χ0n) is 4.67. The second kappa shape index (κ2) is 3.22. The first-order chi connectivity index (χ1) is 4.61. The number of nitrogens with one attached hydrogen (secondary N) is 1. The maximum absolute atomic E-state index is 5.65. The Morgan fingerprint density at radius 2 is 1.90 bits per heavy atom. The fourth-order valence-corrected chi connectivity index (χ4v) is 1.48. The summed E-state index contributed by atoms with van der Waals surface area (Å²) < 4.78 is 0. The van der Waals surface area contributed by atoms with Crippen LogP contribution in [0.15, 0.2) is 21.3 Å². The Kier molecular flexibility index (Phi) is 2.75. The first-order valence-corrected chi connectivity index (χ1v) is 4.01. The van der Waals surface area contributed by atoms with E-state index in [-0.39, 0.29) is 0 Å². The van der Waals surface area contributed by atoms with Gasteiger partial charge in [-0.25, -0.2) is 0 Å². The van der Waals surface area contributed by atoms with Crippen LogP contribution in [0.4, 0.5) is 0 Å². The molecule has 1 aliphatic rings. The summed E-state index contributed by atoms with van der Waals surface area (Å²) in [7, 11) is 0. The molecule has 0 amide bonds. The van der Waals surface area contributed by atoms with Crippen molar-refractivity contribution in [1.29, 1.82) is 0 Å². The summed E-state index contributed by atoms with van der Waals surface area (Å²) in [6, 6.07) is 0. The first kappa shape index (κ1) is 8.54. The van der Waals surface area contributed by atoms with Crippen molar-refractivity contribution < 1.29 is 0 Å². The van der Waals surface area contributed by atoms with Crippen LogP contribution in [0.25, 0.3) is 0 Å². The van der Waals surface area contributed by atoms with Crippen molar-refractivity contribution in [3.8, 4) is 0 Å². The minimum absolute atomic E-state index is 0.368. The highest BCUT2D eigenvalue weighted by Crippen LogP contribution is 2.27. The number of rotatable bonds is 0. The highest BCUT2D eigenvalue weighted by Gasteiger charge is 2.17. The van der Waals surface area contributed by atoms with Crippen molar-refractivity contribution in [3.05, 3.63) is 21.3 Å². The largest absolute Gasteiger partial charge is 0.355 e. The van der Waals surface area contributed by atoms with E-state index in [1.807, 2.05) is 0 Å². The zero-order valence-corrected chi connectivity index (χ0v) is 7.69. The van der Waals surface area contributed by atoms with Gasteiger partial charge in [0.1, 0.15) is 10.7 Å². The summed E-state index contributed by atoms with van der Waals surface area (Å²) in [5.41, 5.74) is -0.508. The molecule has 0 aromatic heterocycles. The van der Waals surface area contributed by atoms with Crippen molar-refractivity contribution in [2.75, 3.05) is 0 Å². The number of hydrogen-bond donors (Lipinski definition) is 1. The van der Waals surface area contributed by atoms with Crippen LogP contribution in [0.3, 0.4) is 0 Å². The van der Waals surface area contributed by atoms with E-state index in [9.17, 15) is 0 Å². The summed E-state index contributed by atoms with van der Waals surface area (Å²) in [5.74, 6) is 0. The quantitative estimate of drug-likeness (QED) is 0.487. The molecule has 1 heterocycles. The van der Waals surface area contributed by atoms with Crippen LogP contribution in [0.5, 0.6) is 0 Å². The second-order valence-corrected chi connectivity index (χ2v) is 3.35. The number of dihydropyridines is 1. The van der Waals surface area contributed by atoms with E-state index in [4.69, 9.17) is 46.4 Å². The van der Waals surface area contributed by atoms with Crippen LogP contribution in [0.2, 0.25) is 0 Å². The Labute approximate surface area is 78.6 Å². The maximum Gasteiger partial charge on any atom is 0.140 e. The summed E-state index contributed by atoms with van der Waals surface area (Å²) in [6.45, 7) is 0.